The van der Waals surface area contributed by atoms with Gasteiger partial charge in [-0.05, 0) is 69.9 Å². The first kappa shape index (κ1) is 19.1. The Morgan fingerprint density at radius 3 is 2.46 bits per heavy atom. The number of rotatable bonds is 5. The van der Waals surface area contributed by atoms with Gasteiger partial charge in [0.2, 0.25) is 0 Å². The fourth-order valence-electron chi connectivity index (χ4n) is 2.73. The van der Waals surface area contributed by atoms with E-state index in [1.54, 1.807) is 0 Å². The highest BCUT2D eigenvalue weighted by Crippen LogP contribution is 2.31. The van der Waals surface area contributed by atoms with Gasteiger partial charge < -0.3 is 10.1 Å². The first-order valence-corrected chi connectivity index (χ1v) is 9.09. The van der Waals surface area contributed by atoms with Crippen molar-refractivity contribution in [3.63, 3.8) is 0 Å². The lowest BCUT2D eigenvalue weighted by atomic mass is 9.87. The predicted molar refractivity (Wildman–Crippen MR) is 102 cm³/mol. The molecule has 0 aromatic heterocycles. The molecule has 24 heavy (non-hydrogen) atoms. The molecule has 1 aliphatic rings. The van der Waals surface area contributed by atoms with Crippen molar-refractivity contribution in [1.29, 1.82) is 0 Å². The molecular weight excluding hydrogens is 390 g/mol. The zero-order valence-electron chi connectivity index (χ0n) is 14.4. The normalized spacial score (nSPS) is 21.8. The predicted octanol–water partition coefficient (Wildman–Crippen LogP) is 3.35. The zero-order valence-corrected chi connectivity index (χ0v) is 16.8. The quantitative estimate of drug-likeness (QED) is 0.508. The van der Waals surface area contributed by atoms with Gasteiger partial charge in [0.25, 0.3) is 0 Å². The first-order valence-electron chi connectivity index (χ1n) is 7.89. The van der Waals surface area contributed by atoms with Crippen LogP contribution in [0.2, 0.25) is 0 Å². The van der Waals surface area contributed by atoms with Crippen molar-refractivity contribution in [3.05, 3.63) is 34.3 Å². The molecule has 0 saturated carbocycles. The lowest BCUT2D eigenvalue weighted by Crippen LogP contribution is -2.49. The van der Waals surface area contributed by atoms with Crippen LogP contribution in [0.4, 0.5) is 0 Å². The SMILES string of the molecule is CC1(CC(CC(=O)OC(C)(C)C)c2ccc(Br)cc2)NNC(=S)N1. The van der Waals surface area contributed by atoms with Crippen LogP contribution in [-0.4, -0.2) is 22.3 Å². The molecule has 0 spiro atoms. The number of carbonyl (C=O) groups is 1. The van der Waals surface area contributed by atoms with E-state index >= 15 is 0 Å². The summed E-state index contributed by atoms with van der Waals surface area (Å²) in [4.78, 5) is 12.3. The number of hydrogen-bond acceptors (Lipinski definition) is 4. The van der Waals surface area contributed by atoms with Crippen LogP contribution in [-0.2, 0) is 9.53 Å². The number of nitrogens with one attached hydrogen (secondary N) is 3. The van der Waals surface area contributed by atoms with Gasteiger partial charge in [-0.25, -0.2) is 5.43 Å². The van der Waals surface area contributed by atoms with Crippen molar-refractivity contribution < 1.29 is 9.53 Å². The van der Waals surface area contributed by atoms with Gasteiger partial charge in [0.15, 0.2) is 5.11 Å². The zero-order chi connectivity index (χ0) is 18.0. The monoisotopic (exact) mass is 413 g/mol. The molecule has 3 N–H and O–H groups in total. The Bertz CT molecular complexity index is 615. The van der Waals surface area contributed by atoms with Gasteiger partial charge in [-0.1, -0.05) is 28.1 Å². The Hall–Kier alpha value is -1.18. The summed E-state index contributed by atoms with van der Waals surface area (Å²) in [5, 5.41) is 3.77. The van der Waals surface area contributed by atoms with Gasteiger partial charge in [-0.2, -0.15) is 0 Å². The molecule has 2 atom stereocenters. The third-order valence-electron chi connectivity index (χ3n) is 3.67. The molecule has 7 heteroatoms. The fraction of sp³-hybridized carbons (Fsp3) is 0.529. The molecule has 1 saturated heterocycles. The molecule has 0 radical (unpaired) electrons. The molecule has 2 rings (SSSR count). The number of esters is 1. The van der Waals surface area contributed by atoms with Gasteiger partial charge in [0.1, 0.15) is 11.3 Å². The van der Waals surface area contributed by atoms with Crippen LogP contribution >= 0.6 is 28.1 Å². The lowest BCUT2D eigenvalue weighted by molar-refractivity contribution is -0.155. The summed E-state index contributed by atoms with van der Waals surface area (Å²) in [5.74, 6) is -0.201. The smallest absolute Gasteiger partial charge is 0.306 e. The van der Waals surface area contributed by atoms with E-state index in [1.165, 1.54) is 0 Å². The third kappa shape index (κ3) is 5.72. The number of ether oxygens (including phenoxy) is 1. The Kier molecular flexibility index (Phi) is 5.88. The summed E-state index contributed by atoms with van der Waals surface area (Å²) < 4.78 is 6.51. The maximum Gasteiger partial charge on any atom is 0.306 e. The molecule has 5 nitrogen and oxygen atoms in total. The third-order valence-corrected chi connectivity index (χ3v) is 4.40. The first-order chi connectivity index (χ1) is 11.1. The molecule has 0 aliphatic carbocycles. The summed E-state index contributed by atoms with van der Waals surface area (Å²) >= 11 is 8.58. The molecule has 1 aliphatic heterocycles. The summed E-state index contributed by atoms with van der Waals surface area (Å²) in [6.45, 7) is 7.65. The fourth-order valence-corrected chi connectivity index (χ4v) is 3.27. The van der Waals surface area contributed by atoms with Crippen LogP contribution in [0, 0.1) is 0 Å². The van der Waals surface area contributed by atoms with E-state index < -0.39 is 11.3 Å². The van der Waals surface area contributed by atoms with E-state index in [0.717, 1.165) is 10.0 Å². The average Bonchev–Trinajstić information content (AvgIpc) is 2.76. The van der Waals surface area contributed by atoms with Crippen molar-refractivity contribution in [2.24, 2.45) is 0 Å². The molecule has 132 valence electrons. The largest absolute Gasteiger partial charge is 0.460 e. The summed E-state index contributed by atoms with van der Waals surface area (Å²) in [5.41, 5.74) is 6.25. The highest BCUT2D eigenvalue weighted by molar-refractivity contribution is 9.10. The molecule has 1 aromatic rings. The Balaban J connectivity index is 2.16. The van der Waals surface area contributed by atoms with Gasteiger partial charge in [-0.15, -0.1) is 0 Å². The van der Waals surface area contributed by atoms with E-state index in [-0.39, 0.29) is 11.9 Å². The number of benzene rings is 1. The van der Waals surface area contributed by atoms with E-state index in [0.29, 0.717) is 18.0 Å². The Morgan fingerprint density at radius 2 is 1.96 bits per heavy atom. The van der Waals surface area contributed by atoms with Gasteiger partial charge in [-0.3, -0.25) is 10.2 Å². The van der Waals surface area contributed by atoms with Crippen LogP contribution in [0.1, 0.15) is 52.0 Å². The highest BCUT2D eigenvalue weighted by atomic mass is 79.9. The average molecular weight is 414 g/mol. The van der Waals surface area contributed by atoms with Crippen LogP contribution in [0.5, 0.6) is 0 Å². The number of hydrazine groups is 1. The van der Waals surface area contributed by atoms with E-state index in [1.807, 2.05) is 52.0 Å². The second kappa shape index (κ2) is 7.37. The summed E-state index contributed by atoms with van der Waals surface area (Å²) in [7, 11) is 0. The second-order valence-corrected chi connectivity index (χ2v) is 8.60. The molecule has 0 bridgehead atoms. The van der Waals surface area contributed by atoms with Crippen LogP contribution in [0.25, 0.3) is 0 Å². The van der Waals surface area contributed by atoms with Crippen molar-refractivity contribution in [1.82, 2.24) is 16.2 Å². The summed E-state index contributed by atoms with van der Waals surface area (Å²) in [6.07, 6.45) is 0.992. The standard InChI is InChI=1S/C17H24BrN3O2S/c1-16(2,3)23-14(22)9-12(11-5-7-13(18)8-6-11)10-17(4)19-15(24)20-21-17/h5-8,12,21H,9-10H2,1-4H3,(H2,19,20,24). The summed E-state index contributed by atoms with van der Waals surface area (Å²) in [6, 6.07) is 8.03. The van der Waals surface area contributed by atoms with Gasteiger partial charge in [0, 0.05) is 4.47 Å². The Morgan fingerprint density at radius 1 is 1.33 bits per heavy atom. The lowest BCUT2D eigenvalue weighted by Gasteiger charge is -2.29. The number of halogens is 1. The van der Waals surface area contributed by atoms with E-state index in [2.05, 4.69) is 32.1 Å². The molecular formula is C17H24BrN3O2S. The van der Waals surface area contributed by atoms with Crippen molar-refractivity contribution in [3.8, 4) is 0 Å². The molecule has 1 heterocycles. The van der Waals surface area contributed by atoms with Crippen LogP contribution in [0.15, 0.2) is 28.7 Å². The van der Waals surface area contributed by atoms with E-state index in [4.69, 9.17) is 17.0 Å². The Labute approximate surface area is 157 Å². The molecule has 2 unspecified atom stereocenters. The van der Waals surface area contributed by atoms with Crippen molar-refractivity contribution in [2.45, 2.75) is 57.7 Å². The maximum atomic E-state index is 12.3. The number of carbonyl (C=O) groups excluding carboxylic acids is 1. The van der Waals surface area contributed by atoms with Crippen molar-refractivity contribution in [2.75, 3.05) is 0 Å². The molecule has 0 amide bonds. The highest BCUT2D eigenvalue weighted by Gasteiger charge is 2.35. The van der Waals surface area contributed by atoms with Gasteiger partial charge in [0.05, 0.1) is 6.42 Å². The second-order valence-electron chi connectivity index (χ2n) is 7.28. The minimum absolute atomic E-state index is 0.000602. The minimum Gasteiger partial charge on any atom is -0.460 e. The number of hydrogen-bond donors (Lipinski definition) is 3. The number of thiocarbonyl (C=S) groups is 1. The minimum atomic E-state index is -0.488. The topological polar surface area (TPSA) is 62.4 Å². The van der Waals surface area contributed by atoms with Crippen LogP contribution < -0.4 is 16.2 Å². The van der Waals surface area contributed by atoms with Gasteiger partial charge >= 0.3 is 5.97 Å². The van der Waals surface area contributed by atoms with E-state index in [9.17, 15) is 4.79 Å². The van der Waals surface area contributed by atoms with Crippen molar-refractivity contribution >= 4 is 39.2 Å². The van der Waals surface area contributed by atoms with Crippen LogP contribution in [0.3, 0.4) is 0 Å². The molecule has 1 fully saturated rings. The molecule has 1 aromatic carbocycles. The maximum absolute atomic E-state index is 12.3.